The van der Waals surface area contributed by atoms with Gasteiger partial charge in [-0.15, -0.1) is 0 Å². The molecule has 0 aliphatic heterocycles. The number of benzene rings is 1. The lowest BCUT2D eigenvalue weighted by Crippen LogP contribution is -2.37. The Morgan fingerprint density at radius 1 is 1.40 bits per heavy atom. The monoisotopic (exact) mass is 348 g/mol. The van der Waals surface area contributed by atoms with E-state index in [-0.39, 0.29) is 17.3 Å². The molecule has 0 saturated carbocycles. The minimum atomic E-state index is -0.826. The molecular formula is C18H24N2O5. The topological polar surface area (TPSA) is 90.7 Å². The number of nitrogens with one attached hydrogen (secondary N) is 1. The fraction of sp³-hybridized carbons (Fsp3) is 0.500. The van der Waals surface area contributed by atoms with Crippen molar-refractivity contribution in [2.75, 3.05) is 13.7 Å². The maximum atomic E-state index is 12.1. The van der Waals surface area contributed by atoms with E-state index in [2.05, 4.69) is 11.4 Å². The van der Waals surface area contributed by atoms with Crippen molar-refractivity contribution in [1.29, 1.82) is 0 Å². The van der Waals surface area contributed by atoms with Crippen LogP contribution >= 0.6 is 0 Å². The molecule has 0 spiro atoms. The van der Waals surface area contributed by atoms with Gasteiger partial charge in [0.05, 0.1) is 18.1 Å². The summed E-state index contributed by atoms with van der Waals surface area (Å²) in [5.74, 6) is 0.113. The molecule has 1 aromatic rings. The number of rotatable bonds is 8. The zero-order valence-electron chi connectivity index (χ0n) is 14.6. The number of nitro benzene ring substituents is 1. The molecule has 1 aliphatic carbocycles. The Kier molecular flexibility index (Phi) is 6.80. The molecule has 7 nitrogen and oxygen atoms in total. The maximum Gasteiger partial charge on any atom is 0.314 e. The number of allylic oxidation sites excluding steroid dienone is 1. The number of ether oxygens (including phenoxy) is 2. The van der Waals surface area contributed by atoms with E-state index in [1.807, 2.05) is 0 Å². The highest BCUT2D eigenvalue weighted by atomic mass is 16.6. The van der Waals surface area contributed by atoms with Gasteiger partial charge >= 0.3 is 5.69 Å². The van der Waals surface area contributed by atoms with Crippen molar-refractivity contribution in [2.45, 2.75) is 45.1 Å². The lowest BCUT2D eigenvalue weighted by atomic mass is 9.97. The number of methoxy groups -OCH3 is 1. The number of carbonyl (C=O) groups excluding carboxylic acids is 1. The van der Waals surface area contributed by atoms with Crippen LogP contribution < -0.4 is 14.8 Å². The van der Waals surface area contributed by atoms with E-state index in [1.54, 1.807) is 13.0 Å². The minimum absolute atomic E-state index is 0.0449. The summed E-state index contributed by atoms with van der Waals surface area (Å²) >= 11 is 0. The molecule has 7 heteroatoms. The van der Waals surface area contributed by atoms with Crippen LogP contribution in [0.3, 0.4) is 0 Å². The predicted molar refractivity (Wildman–Crippen MR) is 93.9 cm³/mol. The largest absolute Gasteiger partial charge is 0.496 e. The fourth-order valence-corrected chi connectivity index (χ4v) is 2.73. The first kappa shape index (κ1) is 18.8. The van der Waals surface area contributed by atoms with Crippen LogP contribution in [0.25, 0.3) is 0 Å². The van der Waals surface area contributed by atoms with Crippen molar-refractivity contribution in [3.8, 4) is 11.5 Å². The second-order valence-corrected chi connectivity index (χ2v) is 6.00. The molecule has 0 heterocycles. The molecule has 2 rings (SSSR count). The highest BCUT2D eigenvalue weighted by Gasteiger charge is 2.22. The van der Waals surface area contributed by atoms with Crippen LogP contribution in [0.5, 0.6) is 11.5 Å². The third kappa shape index (κ3) is 5.48. The van der Waals surface area contributed by atoms with Crippen LogP contribution in [-0.4, -0.2) is 30.6 Å². The summed E-state index contributed by atoms with van der Waals surface area (Å²) < 4.78 is 10.5. The fourth-order valence-electron chi connectivity index (χ4n) is 2.73. The molecule has 0 aromatic heterocycles. The first-order valence-electron chi connectivity index (χ1n) is 8.46. The Balaban J connectivity index is 1.90. The summed E-state index contributed by atoms with van der Waals surface area (Å²) in [5.41, 5.74) is 1.15. The third-order valence-corrected chi connectivity index (χ3v) is 4.17. The second kappa shape index (κ2) is 9.05. The molecule has 1 atom stereocenters. The molecule has 0 unspecified atom stereocenters. The summed E-state index contributed by atoms with van der Waals surface area (Å²) in [6, 6.07) is 4.27. The Hall–Kier alpha value is -2.57. The Morgan fingerprint density at radius 3 is 2.84 bits per heavy atom. The zero-order chi connectivity index (χ0) is 18.2. The molecular weight excluding hydrogens is 324 g/mol. The van der Waals surface area contributed by atoms with Crippen molar-refractivity contribution in [3.05, 3.63) is 40.0 Å². The molecule has 1 N–H and O–H groups in total. The van der Waals surface area contributed by atoms with Crippen LogP contribution in [0.2, 0.25) is 0 Å². The second-order valence-electron chi connectivity index (χ2n) is 6.00. The number of amides is 1. The van der Waals surface area contributed by atoms with E-state index in [1.165, 1.54) is 37.7 Å². The van der Waals surface area contributed by atoms with Gasteiger partial charge in [0.2, 0.25) is 0 Å². The van der Waals surface area contributed by atoms with Gasteiger partial charge < -0.3 is 14.8 Å². The van der Waals surface area contributed by atoms with Crippen LogP contribution in [-0.2, 0) is 4.79 Å². The predicted octanol–water partition coefficient (Wildman–Crippen LogP) is 3.38. The van der Waals surface area contributed by atoms with Gasteiger partial charge in [-0.1, -0.05) is 11.6 Å². The van der Waals surface area contributed by atoms with E-state index >= 15 is 0 Å². The number of hydrogen-bond donors (Lipinski definition) is 1. The first-order chi connectivity index (χ1) is 12.0. The molecule has 136 valence electrons. The van der Waals surface area contributed by atoms with Crippen molar-refractivity contribution < 1.29 is 19.2 Å². The normalized spacial score (nSPS) is 15.0. The van der Waals surface area contributed by atoms with E-state index in [0.717, 1.165) is 19.3 Å². The van der Waals surface area contributed by atoms with E-state index in [9.17, 15) is 14.9 Å². The van der Waals surface area contributed by atoms with Gasteiger partial charge in [0.1, 0.15) is 5.75 Å². The molecule has 0 radical (unpaired) electrons. The number of nitro groups is 1. The van der Waals surface area contributed by atoms with Gasteiger partial charge in [0.15, 0.2) is 11.9 Å². The highest BCUT2D eigenvalue weighted by molar-refractivity contribution is 5.80. The smallest absolute Gasteiger partial charge is 0.314 e. The van der Waals surface area contributed by atoms with Gasteiger partial charge in [-0.25, -0.2) is 0 Å². The highest BCUT2D eigenvalue weighted by Crippen LogP contribution is 2.31. The Labute approximate surface area is 147 Å². The molecule has 1 aromatic carbocycles. The summed E-state index contributed by atoms with van der Waals surface area (Å²) in [4.78, 5) is 22.7. The van der Waals surface area contributed by atoms with Gasteiger partial charge in [0, 0.05) is 6.54 Å². The number of carbonyl (C=O) groups is 1. The SMILES string of the molecule is COc1ccc(O[C@H](C)C(=O)NCCC2=CCCCC2)c([N+](=O)[O-])c1. The van der Waals surface area contributed by atoms with Crippen molar-refractivity contribution in [1.82, 2.24) is 5.32 Å². The number of nitrogens with zero attached hydrogens (tertiary/aromatic N) is 1. The minimum Gasteiger partial charge on any atom is -0.496 e. The van der Waals surface area contributed by atoms with Gasteiger partial charge in [-0.05, 0) is 51.2 Å². The molecule has 1 amide bonds. The van der Waals surface area contributed by atoms with Gasteiger partial charge in [-0.3, -0.25) is 14.9 Å². The lowest BCUT2D eigenvalue weighted by Gasteiger charge is -2.16. The summed E-state index contributed by atoms with van der Waals surface area (Å²) in [7, 11) is 1.43. The van der Waals surface area contributed by atoms with Crippen molar-refractivity contribution >= 4 is 11.6 Å². The standard InChI is InChI=1S/C18H24N2O5/c1-13(18(21)19-11-10-14-6-4-3-5-7-14)25-17-9-8-15(24-2)12-16(17)20(22)23/h6,8-9,12-13H,3-5,7,10-11H2,1-2H3,(H,19,21)/t13-/m1/s1. The van der Waals surface area contributed by atoms with E-state index in [0.29, 0.717) is 12.3 Å². The van der Waals surface area contributed by atoms with Crippen LogP contribution in [0.1, 0.15) is 39.0 Å². The first-order valence-corrected chi connectivity index (χ1v) is 8.46. The third-order valence-electron chi connectivity index (χ3n) is 4.17. The number of hydrogen-bond acceptors (Lipinski definition) is 5. The Morgan fingerprint density at radius 2 is 2.20 bits per heavy atom. The summed E-state index contributed by atoms with van der Waals surface area (Å²) in [6.07, 6.45) is 6.91. The van der Waals surface area contributed by atoms with Crippen LogP contribution in [0, 0.1) is 10.1 Å². The molecule has 0 saturated heterocycles. The molecule has 25 heavy (non-hydrogen) atoms. The average molecular weight is 348 g/mol. The lowest BCUT2D eigenvalue weighted by molar-refractivity contribution is -0.386. The maximum absolute atomic E-state index is 12.1. The molecule has 0 bridgehead atoms. The van der Waals surface area contributed by atoms with Gasteiger partial charge in [-0.2, -0.15) is 0 Å². The van der Waals surface area contributed by atoms with Crippen LogP contribution in [0.15, 0.2) is 29.8 Å². The average Bonchev–Trinajstić information content (AvgIpc) is 2.62. The quantitative estimate of drug-likeness (QED) is 0.442. The Bertz CT molecular complexity index is 657. The zero-order valence-corrected chi connectivity index (χ0v) is 14.6. The summed E-state index contributed by atoms with van der Waals surface area (Å²) in [5, 5.41) is 14.0. The molecule has 1 aliphatic rings. The van der Waals surface area contributed by atoms with Gasteiger partial charge in [0.25, 0.3) is 5.91 Å². The van der Waals surface area contributed by atoms with E-state index < -0.39 is 11.0 Å². The summed E-state index contributed by atoms with van der Waals surface area (Å²) in [6.45, 7) is 2.12. The van der Waals surface area contributed by atoms with Crippen LogP contribution in [0.4, 0.5) is 5.69 Å². The van der Waals surface area contributed by atoms with Crippen molar-refractivity contribution in [3.63, 3.8) is 0 Å². The van der Waals surface area contributed by atoms with Crippen molar-refractivity contribution in [2.24, 2.45) is 0 Å². The van der Waals surface area contributed by atoms with E-state index in [4.69, 9.17) is 9.47 Å². The molecule has 0 fully saturated rings.